The second kappa shape index (κ2) is 4.96. The van der Waals surface area contributed by atoms with E-state index in [9.17, 15) is 9.90 Å². The average molecular weight is 301 g/mol. The molecule has 0 amide bonds. The molecule has 0 fully saturated rings. The van der Waals surface area contributed by atoms with Gasteiger partial charge < -0.3 is 19.4 Å². The first-order valence-corrected chi connectivity index (χ1v) is 6.19. The molecule has 17 heavy (non-hydrogen) atoms. The van der Waals surface area contributed by atoms with Crippen LogP contribution in [0.15, 0.2) is 10.5 Å². The predicted octanol–water partition coefficient (Wildman–Crippen LogP) is 2.62. The minimum Gasteiger partial charge on any atom is -0.506 e. The molecule has 0 aliphatic carbocycles. The summed E-state index contributed by atoms with van der Waals surface area (Å²) < 4.78 is 11.4. The summed E-state index contributed by atoms with van der Waals surface area (Å²) in [4.78, 5) is 10.5. The molecule has 4 nitrogen and oxygen atoms in total. The molecule has 1 aliphatic heterocycles. The van der Waals surface area contributed by atoms with Gasteiger partial charge in [-0.15, -0.1) is 0 Å². The second-order valence-corrected chi connectivity index (χ2v) is 4.75. The molecule has 5 heteroatoms. The lowest BCUT2D eigenvalue weighted by Gasteiger charge is -2.22. The fourth-order valence-electron chi connectivity index (χ4n) is 1.80. The third-order valence-corrected chi connectivity index (χ3v) is 3.49. The topological polar surface area (TPSA) is 55.8 Å². The zero-order valence-electron chi connectivity index (χ0n) is 9.40. The van der Waals surface area contributed by atoms with E-state index in [4.69, 9.17) is 9.47 Å². The van der Waals surface area contributed by atoms with Crippen LogP contribution < -0.4 is 9.47 Å². The quantitative estimate of drug-likeness (QED) is 0.872. The van der Waals surface area contributed by atoms with Gasteiger partial charge in [0.15, 0.2) is 11.5 Å². The highest BCUT2D eigenvalue weighted by atomic mass is 79.9. The maximum atomic E-state index is 10.5. The predicted molar refractivity (Wildman–Crippen MR) is 65.9 cm³/mol. The van der Waals surface area contributed by atoms with Crippen molar-refractivity contribution in [1.29, 1.82) is 0 Å². The van der Waals surface area contributed by atoms with Crippen molar-refractivity contribution in [1.82, 2.24) is 0 Å². The Hall–Kier alpha value is -1.23. The van der Waals surface area contributed by atoms with Gasteiger partial charge in [-0.25, -0.2) is 0 Å². The Balaban J connectivity index is 2.47. The molecule has 92 valence electrons. The summed E-state index contributed by atoms with van der Waals surface area (Å²) in [6.07, 6.45) is 1.20. The molecular formula is C12H13BrO4. The molecule has 0 bridgehead atoms. The van der Waals surface area contributed by atoms with Crippen molar-refractivity contribution in [3.63, 3.8) is 0 Å². The van der Waals surface area contributed by atoms with E-state index >= 15 is 0 Å². The highest BCUT2D eigenvalue weighted by molar-refractivity contribution is 9.10. The number of ether oxygens (including phenoxy) is 2. The van der Waals surface area contributed by atoms with Gasteiger partial charge in [0.25, 0.3) is 0 Å². The van der Waals surface area contributed by atoms with Crippen molar-refractivity contribution in [2.75, 3.05) is 13.2 Å². The molecule has 1 aromatic rings. The van der Waals surface area contributed by atoms with Gasteiger partial charge >= 0.3 is 0 Å². The first-order valence-electron chi connectivity index (χ1n) is 5.39. The Morgan fingerprint density at radius 3 is 2.94 bits per heavy atom. The second-order valence-electron chi connectivity index (χ2n) is 3.96. The lowest BCUT2D eigenvalue weighted by atomic mass is 9.97. The van der Waals surface area contributed by atoms with Gasteiger partial charge in [0, 0.05) is 12.0 Å². The molecule has 1 aliphatic rings. The summed E-state index contributed by atoms with van der Waals surface area (Å²) in [5.41, 5.74) is 0.688. The van der Waals surface area contributed by atoms with Gasteiger partial charge in [0.1, 0.15) is 29.7 Å². The summed E-state index contributed by atoms with van der Waals surface area (Å²) in [5, 5.41) is 10.1. The zero-order valence-corrected chi connectivity index (χ0v) is 11.0. The van der Waals surface area contributed by atoms with Crippen LogP contribution in [0.2, 0.25) is 0 Å². The van der Waals surface area contributed by atoms with E-state index in [1.54, 1.807) is 6.07 Å². The average Bonchev–Trinajstić information content (AvgIpc) is 2.34. The number of aromatic hydroxyl groups is 1. The van der Waals surface area contributed by atoms with Gasteiger partial charge in [-0.05, 0) is 27.9 Å². The number of phenols is 1. The number of carbonyl (C=O) groups excluding carboxylic acids is 1. The SMILES string of the molecule is CC(CC=O)c1cc2c(c(Br)c1O)OCCO2. The number of aldehydes is 1. The molecule has 0 saturated carbocycles. The summed E-state index contributed by atoms with van der Waals surface area (Å²) >= 11 is 3.29. The van der Waals surface area contributed by atoms with Crippen LogP contribution in [0.3, 0.4) is 0 Å². The van der Waals surface area contributed by atoms with Gasteiger partial charge in [-0.3, -0.25) is 0 Å². The van der Waals surface area contributed by atoms with Gasteiger partial charge in [0.2, 0.25) is 0 Å². The van der Waals surface area contributed by atoms with Gasteiger partial charge in [0.05, 0.1) is 0 Å². The number of hydrogen-bond donors (Lipinski definition) is 1. The molecule has 0 spiro atoms. The molecule has 0 aromatic heterocycles. The molecule has 2 rings (SSSR count). The minimum atomic E-state index is -0.0559. The Morgan fingerprint density at radius 1 is 1.53 bits per heavy atom. The molecule has 1 aromatic carbocycles. The molecular weight excluding hydrogens is 288 g/mol. The first-order chi connectivity index (χ1) is 8.15. The first kappa shape index (κ1) is 12.2. The summed E-state index contributed by atoms with van der Waals surface area (Å²) in [6.45, 7) is 2.84. The van der Waals surface area contributed by atoms with Crippen molar-refractivity contribution < 1.29 is 19.4 Å². The van der Waals surface area contributed by atoms with Crippen molar-refractivity contribution in [3.05, 3.63) is 16.1 Å². The largest absolute Gasteiger partial charge is 0.506 e. The van der Waals surface area contributed by atoms with Crippen molar-refractivity contribution in [3.8, 4) is 17.2 Å². The van der Waals surface area contributed by atoms with E-state index in [0.29, 0.717) is 41.2 Å². The zero-order chi connectivity index (χ0) is 12.4. The van der Waals surface area contributed by atoms with Crippen molar-refractivity contribution in [2.24, 2.45) is 0 Å². The number of halogens is 1. The number of hydrogen-bond acceptors (Lipinski definition) is 4. The van der Waals surface area contributed by atoms with Crippen LogP contribution in [0, 0.1) is 0 Å². The van der Waals surface area contributed by atoms with Crippen molar-refractivity contribution in [2.45, 2.75) is 19.3 Å². The monoisotopic (exact) mass is 300 g/mol. The van der Waals surface area contributed by atoms with Crippen LogP contribution in [0.4, 0.5) is 0 Å². The van der Waals surface area contributed by atoms with Gasteiger partial charge in [-0.1, -0.05) is 6.92 Å². The molecule has 0 saturated heterocycles. The highest BCUT2D eigenvalue weighted by Gasteiger charge is 2.23. The fraction of sp³-hybridized carbons (Fsp3) is 0.417. The molecule has 1 atom stereocenters. The Kier molecular flexibility index (Phi) is 3.57. The summed E-state index contributed by atoms with van der Waals surface area (Å²) in [7, 11) is 0. The molecule has 1 N–H and O–H groups in total. The molecule has 1 unspecified atom stereocenters. The van der Waals surface area contributed by atoms with E-state index in [1.165, 1.54) is 0 Å². The third-order valence-electron chi connectivity index (χ3n) is 2.76. The smallest absolute Gasteiger partial charge is 0.179 e. The van der Waals surface area contributed by atoms with Crippen LogP contribution in [-0.2, 0) is 4.79 Å². The van der Waals surface area contributed by atoms with Crippen LogP contribution >= 0.6 is 15.9 Å². The van der Waals surface area contributed by atoms with Crippen molar-refractivity contribution >= 4 is 22.2 Å². The Morgan fingerprint density at radius 2 is 2.24 bits per heavy atom. The van der Waals surface area contributed by atoms with E-state index in [1.807, 2.05) is 6.92 Å². The third kappa shape index (κ3) is 2.24. The normalized spacial score (nSPS) is 15.4. The minimum absolute atomic E-state index is 0.0559. The number of benzene rings is 1. The van der Waals surface area contributed by atoms with Crippen LogP contribution in [0.25, 0.3) is 0 Å². The Bertz CT molecular complexity index is 445. The number of fused-ring (bicyclic) bond motifs is 1. The Labute approximate surface area is 108 Å². The van der Waals surface area contributed by atoms with E-state index in [0.717, 1.165) is 6.29 Å². The summed E-state index contributed by atoms with van der Waals surface area (Å²) in [5.74, 6) is 1.19. The number of phenolic OH excluding ortho intramolecular Hbond substituents is 1. The number of carbonyl (C=O) groups is 1. The molecule has 1 heterocycles. The maximum Gasteiger partial charge on any atom is 0.179 e. The van der Waals surface area contributed by atoms with Crippen LogP contribution in [0.1, 0.15) is 24.8 Å². The van der Waals surface area contributed by atoms with E-state index in [-0.39, 0.29) is 11.7 Å². The maximum absolute atomic E-state index is 10.5. The fourth-order valence-corrected chi connectivity index (χ4v) is 2.34. The van der Waals surface area contributed by atoms with Gasteiger partial charge in [-0.2, -0.15) is 0 Å². The van der Waals surface area contributed by atoms with E-state index < -0.39 is 0 Å². The van der Waals surface area contributed by atoms with Crippen LogP contribution in [0.5, 0.6) is 17.2 Å². The standard InChI is InChI=1S/C12H13BrO4/c1-7(2-3-14)8-6-9-12(10(13)11(8)15)17-5-4-16-9/h3,6-7,15H,2,4-5H2,1H3. The lowest BCUT2D eigenvalue weighted by Crippen LogP contribution is -2.16. The number of rotatable bonds is 3. The highest BCUT2D eigenvalue weighted by Crippen LogP contribution is 2.47. The van der Waals surface area contributed by atoms with Crippen LogP contribution in [-0.4, -0.2) is 24.6 Å². The van der Waals surface area contributed by atoms with E-state index in [2.05, 4.69) is 15.9 Å². The lowest BCUT2D eigenvalue weighted by molar-refractivity contribution is -0.108. The summed E-state index contributed by atoms with van der Waals surface area (Å²) in [6, 6.07) is 1.74. The molecule has 0 radical (unpaired) electrons.